The zero-order valence-electron chi connectivity index (χ0n) is 13.0. The Balaban J connectivity index is 1.80. The number of nitrogens with zero attached hydrogens (tertiary/aromatic N) is 1. The fraction of sp³-hybridized carbons (Fsp3) is 0.0556. The number of nitrogens with one attached hydrogen (secondary N) is 1. The van der Waals surface area contributed by atoms with Gasteiger partial charge in [0.2, 0.25) is 0 Å². The number of hydrogen-bond acceptors (Lipinski definition) is 4. The Morgan fingerprint density at radius 1 is 0.958 bits per heavy atom. The first-order valence-corrected chi connectivity index (χ1v) is 8.74. The lowest BCUT2D eigenvalue weighted by atomic mass is 10.1. The second-order valence-corrected chi connectivity index (χ2v) is 6.80. The second-order valence-electron chi connectivity index (χ2n) is 5.14. The van der Waals surface area contributed by atoms with Crippen LogP contribution in [0.15, 0.2) is 76.7 Å². The van der Waals surface area contributed by atoms with E-state index >= 15 is 0 Å². The molecule has 6 heteroatoms. The third-order valence-electron chi connectivity index (χ3n) is 3.51. The molecule has 0 aliphatic carbocycles. The SMILES string of the molecule is COc1cccc(/C=N/NS(=O)(=O)c2ccc3ccccc3c2)c1. The number of benzene rings is 3. The fourth-order valence-electron chi connectivity index (χ4n) is 2.28. The lowest BCUT2D eigenvalue weighted by Crippen LogP contribution is -2.18. The molecule has 0 heterocycles. The number of sulfonamides is 1. The average Bonchev–Trinajstić information content (AvgIpc) is 2.61. The molecule has 0 aliphatic heterocycles. The Hall–Kier alpha value is -2.86. The van der Waals surface area contributed by atoms with E-state index in [4.69, 9.17) is 4.74 Å². The molecule has 24 heavy (non-hydrogen) atoms. The van der Waals surface area contributed by atoms with Crippen LogP contribution in [0.5, 0.6) is 5.75 Å². The molecule has 0 spiro atoms. The maximum Gasteiger partial charge on any atom is 0.276 e. The van der Waals surface area contributed by atoms with Gasteiger partial charge in [-0.15, -0.1) is 0 Å². The van der Waals surface area contributed by atoms with Gasteiger partial charge in [0.15, 0.2) is 0 Å². The van der Waals surface area contributed by atoms with E-state index in [1.54, 1.807) is 49.6 Å². The van der Waals surface area contributed by atoms with Gasteiger partial charge in [0.25, 0.3) is 10.0 Å². The van der Waals surface area contributed by atoms with E-state index in [-0.39, 0.29) is 4.90 Å². The molecule has 0 saturated carbocycles. The lowest BCUT2D eigenvalue weighted by molar-refractivity contribution is 0.415. The van der Waals surface area contributed by atoms with Crippen LogP contribution in [0.1, 0.15) is 5.56 Å². The molecule has 3 aromatic carbocycles. The zero-order chi connectivity index (χ0) is 17.0. The second kappa shape index (κ2) is 6.72. The molecule has 0 unspecified atom stereocenters. The van der Waals surface area contributed by atoms with E-state index in [2.05, 4.69) is 9.93 Å². The van der Waals surface area contributed by atoms with Gasteiger partial charge in [-0.3, -0.25) is 0 Å². The third-order valence-corrected chi connectivity index (χ3v) is 4.73. The van der Waals surface area contributed by atoms with Crippen LogP contribution < -0.4 is 9.57 Å². The minimum Gasteiger partial charge on any atom is -0.497 e. The van der Waals surface area contributed by atoms with Crippen molar-refractivity contribution in [1.29, 1.82) is 0 Å². The van der Waals surface area contributed by atoms with Gasteiger partial charge in [0.05, 0.1) is 18.2 Å². The Morgan fingerprint density at radius 2 is 1.75 bits per heavy atom. The molecule has 0 bridgehead atoms. The predicted octanol–water partition coefficient (Wildman–Crippen LogP) is 3.16. The first-order chi connectivity index (χ1) is 11.6. The maximum absolute atomic E-state index is 12.3. The summed E-state index contributed by atoms with van der Waals surface area (Å²) in [6.45, 7) is 0. The van der Waals surface area contributed by atoms with E-state index in [1.165, 1.54) is 6.21 Å². The van der Waals surface area contributed by atoms with E-state index in [0.717, 1.165) is 16.3 Å². The smallest absolute Gasteiger partial charge is 0.276 e. The summed E-state index contributed by atoms with van der Waals surface area (Å²) in [5, 5.41) is 5.67. The first-order valence-electron chi connectivity index (χ1n) is 7.26. The van der Waals surface area contributed by atoms with Crippen molar-refractivity contribution in [3.05, 3.63) is 72.3 Å². The summed E-state index contributed by atoms with van der Waals surface area (Å²) >= 11 is 0. The van der Waals surface area contributed by atoms with E-state index in [1.807, 2.05) is 24.3 Å². The number of methoxy groups -OCH3 is 1. The van der Waals surface area contributed by atoms with Gasteiger partial charge in [-0.25, -0.2) is 4.83 Å². The van der Waals surface area contributed by atoms with E-state index < -0.39 is 10.0 Å². The van der Waals surface area contributed by atoms with Gasteiger partial charge >= 0.3 is 0 Å². The van der Waals surface area contributed by atoms with Crippen molar-refractivity contribution in [2.75, 3.05) is 7.11 Å². The summed E-state index contributed by atoms with van der Waals surface area (Å²) in [5.41, 5.74) is 0.732. The molecule has 0 aliphatic rings. The lowest BCUT2D eigenvalue weighted by Gasteiger charge is -2.05. The van der Waals surface area contributed by atoms with Gasteiger partial charge < -0.3 is 4.74 Å². The van der Waals surface area contributed by atoms with Crippen molar-refractivity contribution in [1.82, 2.24) is 4.83 Å². The van der Waals surface area contributed by atoms with Crippen LogP contribution in [0, 0.1) is 0 Å². The average molecular weight is 340 g/mol. The molecule has 1 N–H and O–H groups in total. The van der Waals surface area contributed by atoms with Crippen LogP contribution in [-0.4, -0.2) is 21.7 Å². The highest BCUT2D eigenvalue weighted by Gasteiger charge is 2.12. The Kier molecular flexibility index (Phi) is 4.48. The van der Waals surface area contributed by atoms with Gasteiger partial charge in [-0.2, -0.15) is 13.5 Å². The topological polar surface area (TPSA) is 67.8 Å². The Bertz CT molecular complexity index is 998. The monoisotopic (exact) mass is 340 g/mol. The summed E-state index contributed by atoms with van der Waals surface area (Å²) in [6.07, 6.45) is 1.43. The van der Waals surface area contributed by atoms with Crippen molar-refractivity contribution in [3.8, 4) is 5.75 Å². The zero-order valence-corrected chi connectivity index (χ0v) is 13.8. The normalized spacial score (nSPS) is 11.7. The van der Waals surface area contributed by atoms with Gasteiger partial charge in [0, 0.05) is 0 Å². The highest BCUT2D eigenvalue weighted by molar-refractivity contribution is 7.89. The largest absolute Gasteiger partial charge is 0.497 e. The molecule has 3 aromatic rings. The van der Waals surface area contributed by atoms with Crippen LogP contribution in [0.3, 0.4) is 0 Å². The quantitative estimate of drug-likeness (QED) is 0.573. The third kappa shape index (κ3) is 3.55. The summed E-state index contributed by atoms with van der Waals surface area (Å²) in [6, 6.07) is 19.7. The standard InChI is InChI=1S/C18H16N2O3S/c1-23-17-8-4-5-14(11-17)13-19-20-24(21,22)18-10-9-15-6-2-3-7-16(15)12-18/h2-13,20H,1H3/b19-13+. The predicted molar refractivity (Wildman–Crippen MR) is 94.9 cm³/mol. The van der Waals surface area contributed by atoms with Crippen LogP contribution in [0.4, 0.5) is 0 Å². The molecule has 122 valence electrons. The highest BCUT2D eigenvalue weighted by Crippen LogP contribution is 2.18. The van der Waals surface area contributed by atoms with Crippen molar-refractivity contribution < 1.29 is 13.2 Å². The van der Waals surface area contributed by atoms with E-state index in [9.17, 15) is 8.42 Å². The maximum atomic E-state index is 12.3. The van der Waals surface area contributed by atoms with Gasteiger partial charge in [-0.1, -0.05) is 42.5 Å². The Morgan fingerprint density at radius 3 is 2.54 bits per heavy atom. The number of hydrogen-bond donors (Lipinski definition) is 1. The van der Waals surface area contributed by atoms with Gasteiger partial charge in [-0.05, 0) is 40.6 Å². The van der Waals surface area contributed by atoms with Crippen molar-refractivity contribution in [2.24, 2.45) is 5.10 Å². The van der Waals surface area contributed by atoms with Crippen LogP contribution >= 0.6 is 0 Å². The first kappa shape index (κ1) is 16.0. The van der Waals surface area contributed by atoms with Crippen LogP contribution in [0.25, 0.3) is 10.8 Å². The fourth-order valence-corrected chi connectivity index (χ4v) is 3.11. The Labute approximate surface area is 140 Å². The number of rotatable bonds is 5. The molecule has 5 nitrogen and oxygen atoms in total. The highest BCUT2D eigenvalue weighted by atomic mass is 32.2. The molecule has 0 saturated heterocycles. The van der Waals surface area contributed by atoms with Crippen molar-refractivity contribution in [2.45, 2.75) is 4.90 Å². The van der Waals surface area contributed by atoms with Crippen molar-refractivity contribution in [3.63, 3.8) is 0 Å². The minimum atomic E-state index is -3.72. The molecule has 0 aromatic heterocycles. The van der Waals surface area contributed by atoms with E-state index in [0.29, 0.717) is 5.75 Å². The molecule has 0 amide bonds. The molecule has 0 radical (unpaired) electrons. The van der Waals surface area contributed by atoms with Crippen LogP contribution in [-0.2, 0) is 10.0 Å². The minimum absolute atomic E-state index is 0.170. The number of hydrazone groups is 1. The molecular weight excluding hydrogens is 324 g/mol. The molecule has 3 rings (SSSR count). The summed E-state index contributed by atoms with van der Waals surface area (Å²) in [5.74, 6) is 0.677. The number of fused-ring (bicyclic) bond motifs is 1. The molecular formula is C18H16N2O3S. The number of ether oxygens (including phenoxy) is 1. The van der Waals surface area contributed by atoms with Crippen molar-refractivity contribution >= 4 is 27.0 Å². The summed E-state index contributed by atoms with van der Waals surface area (Å²) < 4.78 is 29.8. The summed E-state index contributed by atoms with van der Waals surface area (Å²) in [4.78, 5) is 2.40. The summed E-state index contributed by atoms with van der Waals surface area (Å²) in [7, 11) is -2.15. The molecule has 0 fully saturated rings. The van der Waals surface area contributed by atoms with Crippen LogP contribution in [0.2, 0.25) is 0 Å². The van der Waals surface area contributed by atoms with Gasteiger partial charge in [0.1, 0.15) is 5.75 Å². The molecule has 0 atom stereocenters.